The normalized spacial score (nSPS) is 12.5. The highest BCUT2D eigenvalue weighted by atomic mass is 32.2. The van der Waals surface area contributed by atoms with Crippen molar-refractivity contribution in [1.29, 1.82) is 0 Å². The van der Waals surface area contributed by atoms with E-state index in [2.05, 4.69) is 31.0 Å². The fourth-order valence-corrected chi connectivity index (χ4v) is 6.55. The number of thiazole rings is 1. The fraction of sp³-hybridized carbons (Fsp3) is 0.259. The Hall–Kier alpha value is -3.07. The number of carbonyl (C=O) groups excluding carboxylic acids is 1. The minimum Gasteiger partial charge on any atom is -0.317 e. The molecule has 0 atom stereocenters. The van der Waals surface area contributed by atoms with Gasteiger partial charge >= 0.3 is 0 Å². The first-order chi connectivity index (χ1) is 16.7. The van der Waals surface area contributed by atoms with Gasteiger partial charge in [0.25, 0.3) is 5.91 Å². The molecular formula is C27H29N3O3S2. The van der Waals surface area contributed by atoms with Gasteiger partial charge in [0, 0.05) is 25.2 Å². The third-order valence-corrected chi connectivity index (χ3v) is 9.08. The SMILES string of the molecule is CCN(Cc1ccccc1)S(=O)(=O)c1ccc(C(=O)N=c2sc3cc(C)c(C)cc3n2CC)cc1. The number of fused-ring (bicyclic) bond motifs is 1. The van der Waals surface area contributed by atoms with Crippen LogP contribution in [-0.2, 0) is 23.1 Å². The van der Waals surface area contributed by atoms with Crippen molar-refractivity contribution < 1.29 is 13.2 Å². The smallest absolute Gasteiger partial charge is 0.279 e. The molecule has 3 aromatic carbocycles. The van der Waals surface area contributed by atoms with Gasteiger partial charge in [0.1, 0.15) is 0 Å². The van der Waals surface area contributed by atoms with Crippen LogP contribution in [0.25, 0.3) is 10.2 Å². The van der Waals surface area contributed by atoms with Crippen LogP contribution < -0.4 is 4.80 Å². The zero-order valence-electron chi connectivity index (χ0n) is 20.4. The van der Waals surface area contributed by atoms with E-state index in [1.807, 2.05) is 48.7 Å². The van der Waals surface area contributed by atoms with Crippen LogP contribution in [0, 0.1) is 13.8 Å². The van der Waals surface area contributed by atoms with Crippen molar-refractivity contribution in [2.24, 2.45) is 4.99 Å². The van der Waals surface area contributed by atoms with Gasteiger partial charge in [-0.1, -0.05) is 48.6 Å². The molecule has 4 aromatic rings. The first kappa shape index (κ1) is 25.0. The Morgan fingerprint density at radius 2 is 1.63 bits per heavy atom. The molecule has 8 heteroatoms. The molecule has 0 N–H and O–H groups in total. The summed E-state index contributed by atoms with van der Waals surface area (Å²) in [6.45, 7) is 9.31. The number of carbonyl (C=O) groups is 1. The summed E-state index contributed by atoms with van der Waals surface area (Å²) in [5.74, 6) is -0.396. The van der Waals surface area contributed by atoms with E-state index in [-0.39, 0.29) is 11.4 Å². The van der Waals surface area contributed by atoms with E-state index in [1.165, 1.54) is 51.0 Å². The maximum Gasteiger partial charge on any atom is 0.279 e. The minimum atomic E-state index is -3.70. The van der Waals surface area contributed by atoms with Crippen LogP contribution in [0.2, 0.25) is 0 Å². The molecule has 6 nitrogen and oxygen atoms in total. The van der Waals surface area contributed by atoms with Crippen molar-refractivity contribution in [3.8, 4) is 0 Å². The van der Waals surface area contributed by atoms with Gasteiger partial charge < -0.3 is 4.57 Å². The van der Waals surface area contributed by atoms with Gasteiger partial charge in [0.15, 0.2) is 4.80 Å². The third-order valence-electron chi connectivity index (χ3n) is 6.11. The Morgan fingerprint density at radius 3 is 2.26 bits per heavy atom. The lowest BCUT2D eigenvalue weighted by atomic mass is 10.1. The van der Waals surface area contributed by atoms with Gasteiger partial charge in [-0.05, 0) is 73.9 Å². The molecule has 0 saturated carbocycles. The lowest BCUT2D eigenvalue weighted by Gasteiger charge is -2.20. The number of hydrogen-bond acceptors (Lipinski definition) is 4. The van der Waals surface area contributed by atoms with Crippen molar-refractivity contribution >= 4 is 37.5 Å². The van der Waals surface area contributed by atoms with Gasteiger partial charge in [-0.3, -0.25) is 4.79 Å². The molecule has 1 aromatic heterocycles. The first-order valence-electron chi connectivity index (χ1n) is 11.6. The average molecular weight is 508 g/mol. The monoisotopic (exact) mass is 507 g/mol. The summed E-state index contributed by atoms with van der Waals surface area (Å²) in [5, 5.41) is 0. The zero-order chi connectivity index (χ0) is 25.2. The number of sulfonamides is 1. The predicted molar refractivity (Wildman–Crippen MR) is 141 cm³/mol. The molecule has 1 heterocycles. The van der Waals surface area contributed by atoms with Gasteiger partial charge in [-0.15, -0.1) is 0 Å². The molecule has 0 aliphatic carbocycles. The number of hydrogen-bond donors (Lipinski definition) is 0. The second-order valence-electron chi connectivity index (χ2n) is 8.39. The minimum absolute atomic E-state index is 0.156. The average Bonchev–Trinajstić information content (AvgIpc) is 3.18. The lowest BCUT2D eigenvalue weighted by molar-refractivity contribution is 0.0997. The maximum absolute atomic E-state index is 13.2. The second kappa shape index (κ2) is 10.3. The summed E-state index contributed by atoms with van der Waals surface area (Å²) in [4.78, 5) is 18.1. The Morgan fingerprint density at radius 1 is 0.971 bits per heavy atom. The number of rotatable bonds is 7. The molecular weight excluding hydrogens is 478 g/mol. The van der Waals surface area contributed by atoms with Gasteiger partial charge in [-0.25, -0.2) is 8.42 Å². The van der Waals surface area contributed by atoms with E-state index in [0.717, 1.165) is 15.8 Å². The molecule has 0 saturated heterocycles. The summed E-state index contributed by atoms with van der Waals surface area (Å²) < 4.78 is 30.9. The second-order valence-corrected chi connectivity index (χ2v) is 11.3. The van der Waals surface area contributed by atoms with E-state index >= 15 is 0 Å². The van der Waals surface area contributed by atoms with E-state index < -0.39 is 15.9 Å². The van der Waals surface area contributed by atoms with Crippen LogP contribution in [0.5, 0.6) is 0 Å². The predicted octanol–water partition coefficient (Wildman–Crippen LogP) is 5.29. The maximum atomic E-state index is 13.2. The van der Waals surface area contributed by atoms with Crippen molar-refractivity contribution in [2.75, 3.05) is 6.54 Å². The summed E-state index contributed by atoms with van der Waals surface area (Å²) in [5.41, 5.74) is 4.72. The number of benzene rings is 3. The lowest BCUT2D eigenvalue weighted by Crippen LogP contribution is -2.30. The number of aryl methyl sites for hydroxylation is 3. The van der Waals surface area contributed by atoms with Crippen LogP contribution in [0.1, 0.15) is 40.9 Å². The highest BCUT2D eigenvalue weighted by molar-refractivity contribution is 7.89. The molecule has 0 spiro atoms. The molecule has 35 heavy (non-hydrogen) atoms. The molecule has 1 amide bonds. The molecule has 0 fully saturated rings. The van der Waals surface area contributed by atoms with Crippen LogP contribution >= 0.6 is 11.3 Å². The van der Waals surface area contributed by atoms with Crippen LogP contribution in [-0.4, -0.2) is 29.7 Å². The quantitative estimate of drug-likeness (QED) is 0.341. The molecule has 4 rings (SSSR count). The van der Waals surface area contributed by atoms with Crippen molar-refractivity contribution in [3.63, 3.8) is 0 Å². The van der Waals surface area contributed by atoms with Crippen LogP contribution in [0.3, 0.4) is 0 Å². The zero-order valence-corrected chi connectivity index (χ0v) is 22.0. The molecule has 0 bridgehead atoms. The Kier molecular flexibility index (Phi) is 7.35. The van der Waals surface area contributed by atoms with Gasteiger partial charge in [0.05, 0.1) is 15.1 Å². The summed E-state index contributed by atoms with van der Waals surface area (Å²) >= 11 is 1.48. The molecule has 0 radical (unpaired) electrons. The first-order valence-corrected chi connectivity index (χ1v) is 13.8. The van der Waals surface area contributed by atoms with Gasteiger partial charge in [-0.2, -0.15) is 9.30 Å². The Balaban J connectivity index is 1.62. The van der Waals surface area contributed by atoms with Crippen molar-refractivity contribution in [1.82, 2.24) is 8.87 Å². The van der Waals surface area contributed by atoms with Crippen LogP contribution in [0.4, 0.5) is 0 Å². The van der Waals surface area contributed by atoms with E-state index in [1.54, 1.807) is 0 Å². The molecule has 182 valence electrons. The number of amides is 1. The summed E-state index contributed by atoms with van der Waals surface area (Å²) in [7, 11) is -3.70. The fourth-order valence-electron chi connectivity index (χ4n) is 3.94. The topological polar surface area (TPSA) is 71.7 Å². The number of nitrogens with zero attached hydrogens (tertiary/aromatic N) is 3. The highest BCUT2D eigenvalue weighted by Crippen LogP contribution is 2.23. The highest BCUT2D eigenvalue weighted by Gasteiger charge is 2.23. The molecule has 0 aliphatic rings. The van der Waals surface area contributed by atoms with Crippen molar-refractivity contribution in [3.05, 3.63) is 93.8 Å². The molecule has 0 aliphatic heterocycles. The summed E-state index contributed by atoms with van der Waals surface area (Å²) in [6, 6.07) is 19.8. The van der Waals surface area contributed by atoms with Gasteiger partial charge in [0.2, 0.25) is 10.0 Å². The summed E-state index contributed by atoms with van der Waals surface area (Å²) in [6.07, 6.45) is 0. The number of aromatic nitrogens is 1. The van der Waals surface area contributed by atoms with E-state index in [9.17, 15) is 13.2 Å². The molecule has 0 unspecified atom stereocenters. The van der Waals surface area contributed by atoms with Crippen molar-refractivity contribution in [2.45, 2.75) is 45.7 Å². The largest absolute Gasteiger partial charge is 0.317 e. The van der Waals surface area contributed by atoms with Crippen LogP contribution in [0.15, 0.2) is 76.6 Å². The third kappa shape index (κ3) is 5.15. The van der Waals surface area contributed by atoms with E-state index in [4.69, 9.17) is 0 Å². The standard InChI is InChI=1S/C27H29N3O3S2/c1-5-29(18-21-10-8-7-9-11-21)35(32,33)23-14-12-22(13-15-23)26(31)28-27-30(6-2)24-16-19(3)20(4)17-25(24)34-27/h7-17H,5-6,18H2,1-4H3. The van der Waals surface area contributed by atoms with E-state index in [0.29, 0.717) is 23.5 Å². The Labute approximate surface area is 210 Å². The Bertz CT molecular complexity index is 1530.